The molecule has 0 aliphatic rings. The van der Waals surface area contributed by atoms with Crippen molar-refractivity contribution in [3.05, 3.63) is 0 Å². The molecule has 0 saturated carbocycles. The van der Waals surface area contributed by atoms with E-state index < -0.39 is 6.29 Å². The number of aliphatic hydroxyl groups excluding tert-OH is 1. The van der Waals surface area contributed by atoms with Crippen LogP contribution in [0.4, 0.5) is 0 Å². The van der Waals surface area contributed by atoms with Crippen molar-refractivity contribution in [3.8, 4) is 0 Å². The van der Waals surface area contributed by atoms with Gasteiger partial charge in [0, 0.05) is 13.2 Å². The van der Waals surface area contributed by atoms with E-state index in [1.807, 2.05) is 0 Å². The average molecular weight is 288 g/mol. The van der Waals surface area contributed by atoms with E-state index in [0.29, 0.717) is 13.2 Å². The van der Waals surface area contributed by atoms with Crippen molar-refractivity contribution in [2.75, 3.05) is 19.8 Å². The van der Waals surface area contributed by atoms with E-state index in [9.17, 15) is 0 Å². The fourth-order valence-electron chi connectivity index (χ4n) is 2.21. The fourth-order valence-corrected chi connectivity index (χ4v) is 2.21. The van der Waals surface area contributed by atoms with Gasteiger partial charge in [-0.25, -0.2) is 0 Å². The topological polar surface area (TPSA) is 38.7 Å². The standard InChI is InChI=1S/C17H36O3/c1-3-5-6-7-8-9-10-11-12-13-15-20-17(16-18)19-14-4-2/h17-18H,3-16H2,1-2H3. The van der Waals surface area contributed by atoms with Crippen molar-refractivity contribution in [2.24, 2.45) is 0 Å². The molecule has 3 nitrogen and oxygen atoms in total. The molecule has 0 heterocycles. The number of aliphatic hydroxyl groups is 1. The second-order valence-electron chi connectivity index (χ2n) is 5.54. The summed E-state index contributed by atoms with van der Waals surface area (Å²) in [6.45, 7) is 5.62. The van der Waals surface area contributed by atoms with Crippen LogP contribution in [0.2, 0.25) is 0 Å². The van der Waals surface area contributed by atoms with Gasteiger partial charge in [-0.15, -0.1) is 0 Å². The summed E-state index contributed by atoms with van der Waals surface area (Å²) in [7, 11) is 0. The SMILES string of the molecule is CCCCCCCCCCCCOC(CO)OCCC. The molecule has 0 rings (SSSR count). The van der Waals surface area contributed by atoms with Gasteiger partial charge in [0.15, 0.2) is 6.29 Å². The van der Waals surface area contributed by atoms with Crippen molar-refractivity contribution >= 4 is 0 Å². The van der Waals surface area contributed by atoms with Gasteiger partial charge in [-0.05, 0) is 12.8 Å². The van der Waals surface area contributed by atoms with Crippen molar-refractivity contribution in [1.82, 2.24) is 0 Å². The van der Waals surface area contributed by atoms with Crippen LogP contribution >= 0.6 is 0 Å². The van der Waals surface area contributed by atoms with E-state index in [0.717, 1.165) is 12.8 Å². The highest BCUT2D eigenvalue weighted by atomic mass is 16.7. The Morgan fingerprint density at radius 2 is 1.15 bits per heavy atom. The molecule has 122 valence electrons. The zero-order chi connectivity index (χ0) is 14.9. The van der Waals surface area contributed by atoms with Crippen molar-refractivity contribution in [1.29, 1.82) is 0 Å². The predicted molar refractivity (Wildman–Crippen MR) is 84.9 cm³/mol. The second-order valence-corrected chi connectivity index (χ2v) is 5.54. The third-order valence-electron chi connectivity index (χ3n) is 3.46. The molecule has 20 heavy (non-hydrogen) atoms. The smallest absolute Gasteiger partial charge is 0.180 e. The molecule has 0 aromatic rings. The number of hydrogen-bond acceptors (Lipinski definition) is 3. The lowest BCUT2D eigenvalue weighted by molar-refractivity contribution is -0.163. The maximum Gasteiger partial charge on any atom is 0.180 e. The molecule has 0 fully saturated rings. The summed E-state index contributed by atoms with van der Waals surface area (Å²) in [4.78, 5) is 0. The van der Waals surface area contributed by atoms with Crippen LogP contribution in [0.25, 0.3) is 0 Å². The van der Waals surface area contributed by atoms with Crippen LogP contribution in [0.1, 0.15) is 84.5 Å². The normalized spacial score (nSPS) is 12.8. The van der Waals surface area contributed by atoms with Crippen LogP contribution < -0.4 is 0 Å². The van der Waals surface area contributed by atoms with E-state index in [4.69, 9.17) is 14.6 Å². The first-order chi connectivity index (χ1) is 9.85. The Morgan fingerprint density at radius 3 is 1.65 bits per heavy atom. The average Bonchev–Trinajstić information content (AvgIpc) is 2.48. The highest BCUT2D eigenvalue weighted by Gasteiger charge is 2.06. The Hall–Kier alpha value is -0.120. The van der Waals surface area contributed by atoms with Gasteiger partial charge in [0.1, 0.15) is 0 Å². The number of ether oxygens (including phenoxy) is 2. The molecule has 0 spiro atoms. The molecule has 1 atom stereocenters. The molecule has 0 radical (unpaired) electrons. The minimum absolute atomic E-state index is 0.0439. The van der Waals surface area contributed by atoms with Crippen LogP contribution in [-0.4, -0.2) is 31.2 Å². The molecule has 1 unspecified atom stereocenters. The summed E-state index contributed by atoms with van der Waals surface area (Å²) in [5.74, 6) is 0. The molecular weight excluding hydrogens is 252 g/mol. The van der Waals surface area contributed by atoms with Gasteiger partial charge < -0.3 is 14.6 Å². The minimum Gasteiger partial charge on any atom is -0.391 e. The zero-order valence-corrected chi connectivity index (χ0v) is 13.7. The molecule has 0 bridgehead atoms. The van der Waals surface area contributed by atoms with Gasteiger partial charge in [0.2, 0.25) is 0 Å². The van der Waals surface area contributed by atoms with Gasteiger partial charge in [0.25, 0.3) is 0 Å². The molecule has 0 saturated heterocycles. The second kappa shape index (κ2) is 16.9. The maximum atomic E-state index is 9.06. The quantitative estimate of drug-likeness (QED) is 0.331. The summed E-state index contributed by atoms with van der Waals surface area (Å²) < 4.78 is 10.9. The van der Waals surface area contributed by atoms with E-state index in [2.05, 4.69) is 13.8 Å². The molecule has 0 amide bonds. The largest absolute Gasteiger partial charge is 0.391 e. The lowest BCUT2D eigenvalue weighted by Crippen LogP contribution is -2.22. The Balaban J connectivity index is 3.15. The highest BCUT2D eigenvalue weighted by Crippen LogP contribution is 2.10. The molecular formula is C17H36O3. The maximum absolute atomic E-state index is 9.06. The lowest BCUT2D eigenvalue weighted by atomic mass is 10.1. The lowest BCUT2D eigenvalue weighted by Gasteiger charge is -2.15. The number of hydrogen-bond donors (Lipinski definition) is 1. The van der Waals surface area contributed by atoms with Crippen molar-refractivity contribution in [2.45, 2.75) is 90.8 Å². The summed E-state index contributed by atoms with van der Waals surface area (Å²) in [5.41, 5.74) is 0. The number of unbranched alkanes of at least 4 members (excludes halogenated alkanes) is 9. The van der Waals surface area contributed by atoms with Crippen molar-refractivity contribution < 1.29 is 14.6 Å². The predicted octanol–water partition coefficient (Wildman–Crippen LogP) is 4.67. The molecule has 0 aliphatic carbocycles. The van der Waals surface area contributed by atoms with E-state index in [1.54, 1.807) is 0 Å². The first-order valence-corrected chi connectivity index (χ1v) is 8.69. The summed E-state index contributed by atoms with van der Waals surface area (Å²) in [6.07, 6.45) is 13.8. The highest BCUT2D eigenvalue weighted by molar-refractivity contribution is 4.48. The van der Waals surface area contributed by atoms with Gasteiger partial charge in [-0.3, -0.25) is 0 Å². The Bertz CT molecular complexity index is 174. The number of rotatable bonds is 16. The third-order valence-corrected chi connectivity index (χ3v) is 3.46. The van der Waals surface area contributed by atoms with E-state index >= 15 is 0 Å². The van der Waals surface area contributed by atoms with Crippen LogP contribution in [0.5, 0.6) is 0 Å². The molecule has 3 heteroatoms. The monoisotopic (exact) mass is 288 g/mol. The van der Waals surface area contributed by atoms with Crippen molar-refractivity contribution in [3.63, 3.8) is 0 Å². The molecule has 0 aromatic heterocycles. The first-order valence-electron chi connectivity index (χ1n) is 8.69. The van der Waals surface area contributed by atoms with Gasteiger partial charge >= 0.3 is 0 Å². The van der Waals surface area contributed by atoms with Crippen LogP contribution in [0.15, 0.2) is 0 Å². The van der Waals surface area contributed by atoms with Crippen LogP contribution in [0, 0.1) is 0 Å². The summed E-state index contributed by atoms with van der Waals surface area (Å²) in [6, 6.07) is 0. The summed E-state index contributed by atoms with van der Waals surface area (Å²) in [5, 5.41) is 9.06. The van der Waals surface area contributed by atoms with Gasteiger partial charge in [0.05, 0.1) is 6.61 Å². The van der Waals surface area contributed by atoms with Gasteiger partial charge in [-0.2, -0.15) is 0 Å². The Labute approximate surface area is 126 Å². The third kappa shape index (κ3) is 14.3. The van der Waals surface area contributed by atoms with E-state index in [1.165, 1.54) is 57.8 Å². The molecule has 0 aromatic carbocycles. The Morgan fingerprint density at radius 1 is 0.650 bits per heavy atom. The zero-order valence-electron chi connectivity index (χ0n) is 13.7. The Kier molecular flexibility index (Phi) is 16.8. The summed E-state index contributed by atoms with van der Waals surface area (Å²) >= 11 is 0. The van der Waals surface area contributed by atoms with Crippen LogP contribution in [-0.2, 0) is 9.47 Å². The van der Waals surface area contributed by atoms with Gasteiger partial charge in [-0.1, -0.05) is 71.6 Å². The van der Waals surface area contributed by atoms with Crippen LogP contribution in [0.3, 0.4) is 0 Å². The fraction of sp³-hybridized carbons (Fsp3) is 1.00. The minimum atomic E-state index is -0.423. The molecule has 1 N–H and O–H groups in total. The first kappa shape index (κ1) is 19.9. The molecule has 0 aliphatic heterocycles. The van der Waals surface area contributed by atoms with E-state index in [-0.39, 0.29) is 6.61 Å².